The molecule has 3 atom stereocenters. The molecule has 18 heavy (non-hydrogen) atoms. The minimum absolute atomic E-state index is 0.365. The lowest BCUT2D eigenvalue weighted by atomic mass is 10.0. The molecule has 0 aromatic heterocycles. The molecule has 2 N–H and O–H groups in total. The van der Waals surface area contributed by atoms with Gasteiger partial charge in [-0.1, -0.05) is 13.3 Å². The molecule has 1 fully saturated rings. The molecule has 0 aromatic carbocycles. The van der Waals surface area contributed by atoms with Crippen LogP contribution in [0.1, 0.15) is 39.5 Å². The number of hydrogen-bond acceptors (Lipinski definition) is 3. The average molecular weight is 255 g/mol. The number of likely N-dealkylation sites (tertiary alicyclic amines) is 1. The fraction of sp³-hybridized carbons (Fsp3) is 1.00. The zero-order chi connectivity index (χ0) is 13.5. The molecule has 3 heteroatoms. The van der Waals surface area contributed by atoms with Crippen LogP contribution in [0.5, 0.6) is 0 Å². The van der Waals surface area contributed by atoms with Crippen molar-refractivity contribution in [2.45, 2.75) is 45.6 Å². The lowest BCUT2D eigenvalue weighted by Gasteiger charge is -2.24. The van der Waals surface area contributed by atoms with E-state index in [2.05, 4.69) is 37.7 Å². The van der Waals surface area contributed by atoms with Crippen molar-refractivity contribution in [3.8, 4) is 0 Å². The van der Waals surface area contributed by atoms with Gasteiger partial charge in [0.1, 0.15) is 0 Å². The van der Waals surface area contributed by atoms with Gasteiger partial charge in [0.2, 0.25) is 0 Å². The maximum atomic E-state index is 5.79. The molecule has 1 aliphatic rings. The summed E-state index contributed by atoms with van der Waals surface area (Å²) >= 11 is 0. The summed E-state index contributed by atoms with van der Waals surface area (Å²) < 4.78 is 0. The second kappa shape index (κ2) is 8.13. The summed E-state index contributed by atoms with van der Waals surface area (Å²) in [5.41, 5.74) is 5.79. The quantitative estimate of drug-likeness (QED) is 0.720. The Hall–Kier alpha value is -0.120. The largest absolute Gasteiger partial charge is 0.328 e. The first kappa shape index (κ1) is 15.9. The van der Waals surface area contributed by atoms with E-state index < -0.39 is 0 Å². The molecular formula is C15H33N3. The summed E-state index contributed by atoms with van der Waals surface area (Å²) in [6.07, 6.45) is 5.14. The molecule has 1 heterocycles. The highest BCUT2D eigenvalue weighted by Gasteiger charge is 2.21. The van der Waals surface area contributed by atoms with Crippen LogP contribution in [0.15, 0.2) is 0 Å². The maximum Gasteiger partial charge on any atom is 0.00194 e. The van der Waals surface area contributed by atoms with Crippen LogP contribution < -0.4 is 5.73 Å². The van der Waals surface area contributed by atoms with Crippen molar-refractivity contribution < 1.29 is 0 Å². The molecule has 0 aromatic rings. The van der Waals surface area contributed by atoms with E-state index in [4.69, 9.17) is 5.73 Å². The first-order chi connectivity index (χ1) is 8.47. The third-order valence-corrected chi connectivity index (χ3v) is 4.04. The van der Waals surface area contributed by atoms with Crippen LogP contribution in [0.4, 0.5) is 0 Å². The molecule has 3 nitrogen and oxygen atoms in total. The molecule has 0 bridgehead atoms. The van der Waals surface area contributed by atoms with E-state index in [9.17, 15) is 0 Å². The van der Waals surface area contributed by atoms with Crippen LogP contribution in [-0.4, -0.2) is 56.1 Å². The summed E-state index contributed by atoms with van der Waals surface area (Å²) in [5, 5.41) is 0. The molecule has 3 unspecified atom stereocenters. The van der Waals surface area contributed by atoms with Gasteiger partial charge in [-0.15, -0.1) is 0 Å². The van der Waals surface area contributed by atoms with E-state index in [1.807, 2.05) is 0 Å². The van der Waals surface area contributed by atoms with E-state index in [-0.39, 0.29) is 0 Å². The minimum Gasteiger partial charge on any atom is -0.328 e. The van der Waals surface area contributed by atoms with Crippen molar-refractivity contribution in [3.05, 3.63) is 0 Å². The molecule has 0 aliphatic carbocycles. The summed E-state index contributed by atoms with van der Waals surface area (Å²) in [6, 6.07) is 0.365. The number of hydrogen-bond donors (Lipinski definition) is 1. The Balaban J connectivity index is 2.09. The van der Waals surface area contributed by atoms with Crippen molar-refractivity contribution in [2.24, 2.45) is 17.6 Å². The molecule has 108 valence electrons. The van der Waals surface area contributed by atoms with Gasteiger partial charge >= 0.3 is 0 Å². The van der Waals surface area contributed by atoms with Gasteiger partial charge in [0, 0.05) is 25.7 Å². The SMILES string of the molecule is CC(N)CCCC(C)CN(C)CC1CCN(C)C1. The zero-order valence-electron chi connectivity index (χ0n) is 12.9. The molecule has 1 saturated heterocycles. The number of nitrogens with two attached hydrogens (primary N) is 1. The van der Waals surface area contributed by atoms with Gasteiger partial charge in [-0.05, 0) is 58.7 Å². The van der Waals surface area contributed by atoms with Gasteiger partial charge in [-0.2, -0.15) is 0 Å². The Bertz CT molecular complexity index is 218. The zero-order valence-corrected chi connectivity index (χ0v) is 12.9. The lowest BCUT2D eigenvalue weighted by molar-refractivity contribution is 0.236. The van der Waals surface area contributed by atoms with Gasteiger partial charge in [-0.3, -0.25) is 0 Å². The molecular weight excluding hydrogens is 222 g/mol. The summed E-state index contributed by atoms with van der Waals surface area (Å²) in [7, 11) is 4.51. The molecule has 1 aliphatic heterocycles. The van der Waals surface area contributed by atoms with Crippen LogP contribution in [0, 0.1) is 11.8 Å². The van der Waals surface area contributed by atoms with E-state index in [0.29, 0.717) is 6.04 Å². The van der Waals surface area contributed by atoms with Crippen LogP contribution in [-0.2, 0) is 0 Å². The third-order valence-electron chi connectivity index (χ3n) is 4.04. The Labute approximate surface area is 114 Å². The van der Waals surface area contributed by atoms with Crippen LogP contribution in [0.2, 0.25) is 0 Å². The van der Waals surface area contributed by atoms with E-state index in [0.717, 1.165) is 11.8 Å². The molecule has 0 spiro atoms. The second-order valence-corrected chi connectivity index (χ2v) is 6.65. The van der Waals surface area contributed by atoms with Gasteiger partial charge in [0.05, 0.1) is 0 Å². The Morgan fingerprint density at radius 2 is 2.06 bits per heavy atom. The Morgan fingerprint density at radius 3 is 2.61 bits per heavy atom. The summed E-state index contributed by atoms with van der Waals surface area (Å²) in [5.74, 6) is 1.68. The smallest absolute Gasteiger partial charge is 0.00194 e. The summed E-state index contributed by atoms with van der Waals surface area (Å²) in [4.78, 5) is 4.98. The van der Waals surface area contributed by atoms with Gasteiger partial charge < -0.3 is 15.5 Å². The van der Waals surface area contributed by atoms with Gasteiger partial charge in [-0.25, -0.2) is 0 Å². The third kappa shape index (κ3) is 6.72. The molecule has 0 radical (unpaired) electrons. The monoisotopic (exact) mass is 255 g/mol. The average Bonchev–Trinajstić information content (AvgIpc) is 2.62. The van der Waals surface area contributed by atoms with Crippen molar-refractivity contribution in [1.29, 1.82) is 0 Å². The van der Waals surface area contributed by atoms with E-state index in [1.54, 1.807) is 0 Å². The van der Waals surface area contributed by atoms with Crippen molar-refractivity contribution in [1.82, 2.24) is 9.80 Å². The van der Waals surface area contributed by atoms with Gasteiger partial charge in [0.25, 0.3) is 0 Å². The predicted octanol–water partition coefficient (Wildman–Crippen LogP) is 2.02. The maximum absolute atomic E-state index is 5.79. The molecule has 1 rings (SSSR count). The van der Waals surface area contributed by atoms with Crippen LogP contribution in [0.25, 0.3) is 0 Å². The first-order valence-electron chi connectivity index (χ1n) is 7.60. The van der Waals surface area contributed by atoms with Crippen LogP contribution in [0.3, 0.4) is 0 Å². The number of nitrogens with zero attached hydrogens (tertiary/aromatic N) is 2. The highest BCUT2D eigenvalue weighted by atomic mass is 15.1. The van der Waals surface area contributed by atoms with Crippen molar-refractivity contribution in [3.63, 3.8) is 0 Å². The number of rotatable bonds is 8. The second-order valence-electron chi connectivity index (χ2n) is 6.65. The summed E-state index contributed by atoms with van der Waals surface area (Å²) in [6.45, 7) is 9.54. The Kier molecular flexibility index (Phi) is 7.20. The topological polar surface area (TPSA) is 32.5 Å². The van der Waals surface area contributed by atoms with Crippen LogP contribution >= 0.6 is 0 Å². The molecule has 0 amide bonds. The predicted molar refractivity (Wildman–Crippen MR) is 79.8 cm³/mol. The fourth-order valence-corrected chi connectivity index (χ4v) is 3.10. The first-order valence-corrected chi connectivity index (χ1v) is 7.60. The minimum atomic E-state index is 0.365. The normalized spacial score (nSPS) is 24.7. The lowest BCUT2D eigenvalue weighted by Crippen LogP contribution is -2.31. The fourth-order valence-electron chi connectivity index (χ4n) is 3.10. The van der Waals surface area contributed by atoms with Gasteiger partial charge in [0.15, 0.2) is 0 Å². The standard InChI is InChI=1S/C15H33N3/c1-13(6-5-7-14(2)16)10-18(4)12-15-8-9-17(3)11-15/h13-15H,5-12,16H2,1-4H3. The highest BCUT2D eigenvalue weighted by Crippen LogP contribution is 2.16. The van der Waals surface area contributed by atoms with Crippen molar-refractivity contribution in [2.75, 3.05) is 40.3 Å². The highest BCUT2D eigenvalue weighted by molar-refractivity contribution is 4.75. The van der Waals surface area contributed by atoms with E-state index in [1.165, 1.54) is 51.9 Å². The van der Waals surface area contributed by atoms with Crippen molar-refractivity contribution >= 4 is 0 Å². The van der Waals surface area contributed by atoms with E-state index >= 15 is 0 Å². The Morgan fingerprint density at radius 1 is 1.33 bits per heavy atom. The molecule has 0 saturated carbocycles.